The maximum atomic E-state index is 13.4. The molecule has 1 aromatic heterocycles. The number of nitrogens with one attached hydrogen (secondary N) is 1. The Balaban J connectivity index is 1.39. The molecule has 1 amide bonds. The van der Waals surface area contributed by atoms with Crippen LogP contribution in [0, 0.1) is 6.92 Å². The Morgan fingerprint density at radius 3 is 2.32 bits per heavy atom. The van der Waals surface area contributed by atoms with E-state index in [1.165, 1.54) is 0 Å². The fraction of sp³-hybridized carbons (Fsp3) is 0.286. The highest BCUT2D eigenvalue weighted by molar-refractivity contribution is 5.98. The Kier molecular flexibility index (Phi) is 6.43. The third kappa shape index (κ3) is 4.74. The second-order valence-electron chi connectivity index (χ2n) is 9.07. The highest BCUT2D eigenvalue weighted by Gasteiger charge is 2.22. The van der Waals surface area contributed by atoms with Crippen LogP contribution in [0.1, 0.15) is 27.8 Å². The van der Waals surface area contributed by atoms with Gasteiger partial charge in [-0.05, 0) is 49.9 Å². The fourth-order valence-corrected chi connectivity index (χ4v) is 4.69. The van der Waals surface area contributed by atoms with Crippen LogP contribution in [-0.2, 0) is 0 Å². The zero-order valence-corrected chi connectivity index (χ0v) is 19.8. The van der Waals surface area contributed by atoms with Crippen molar-refractivity contribution in [2.45, 2.75) is 13.0 Å². The topological polar surface area (TPSA) is 53.4 Å². The fourth-order valence-electron chi connectivity index (χ4n) is 4.69. The van der Waals surface area contributed by atoms with Crippen LogP contribution in [0.3, 0.4) is 0 Å². The van der Waals surface area contributed by atoms with Gasteiger partial charge in [0, 0.05) is 44.0 Å². The second-order valence-corrected chi connectivity index (χ2v) is 9.07. The summed E-state index contributed by atoms with van der Waals surface area (Å²) < 4.78 is 2.12. The molecule has 3 aromatic carbocycles. The number of likely N-dealkylation sites (N-methyl/N-ethyl adjacent to an activating group) is 1. The molecule has 0 radical (unpaired) electrons. The number of aryl methyl sites for hydroxylation is 1. The zero-order valence-electron chi connectivity index (χ0n) is 19.8. The summed E-state index contributed by atoms with van der Waals surface area (Å²) in [6, 6.07) is 26.2. The van der Waals surface area contributed by atoms with Crippen molar-refractivity contribution in [2.75, 3.05) is 39.8 Å². The number of amides is 1. The van der Waals surface area contributed by atoms with Gasteiger partial charge in [-0.3, -0.25) is 14.3 Å². The van der Waals surface area contributed by atoms with Gasteiger partial charge in [0.2, 0.25) is 0 Å². The van der Waals surface area contributed by atoms with Crippen molar-refractivity contribution in [2.24, 2.45) is 0 Å². The molecule has 174 valence electrons. The van der Waals surface area contributed by atoms with Crippen molar-refractivity contribution in [3.05, 3.63) is 95.8 Å². The normalized spacial score (nSPS) is 15.9. The molecule has 1 saturated heterocycles. The average Bonchev–Trinajstić information content (AvgIpc) is 3.20. The molecular weight excluding hydrogens is 422 g/mol. The number of nitrogens with zero attached hydrogens (tertiary/aromatic N) is 4. The zero-order chi connectivity index (χ0) is 23.5. The molecule has 4 aromatic rings. The number of carbonyl (C=O) groups excluding carboxylic acids is 1. The first kappa shape index (κ1) is 22.3. The number of rotatable bonds is 6. The summed E-state index contributed by atoms with van der Waals surface area (Å²) in [7, 11) is 2.16. The number of benzene rings is 3. The lowest BCUT2D eigenvalue weighted by Gasteiger charge is -2.35. The number of para-hydroxylation sites is 1. The molecule has 0 bridgehead atoms. The summed E-state index contributed by atoms with van der Waals surface area (Å²) >= 11 is 0. The largest absolute Gasteiger partial charge is 0.344 e. The van der Waals surface area contributed by atoms with Gasteiger partial charge in [0.1, 0.15) is 5.82 Å². The standard InChI is InChI=1S/C28H31N5O/c1-21-29-25-19-23(13-14-27(25)33(21)24-11-7-4-8-12-24)28(34)30-26(22-9-5-3-6-10-22)20-32-17-15-31(2)16-18-32/h3-14,19,26H,15-18,20H2,1-2H3,(H,30,34). The molecule has 2 heterocycles. The van der Waals surface area contributed by atoms with Crippen molar-refractivity contribution < 1.29 is 4.79 Å². The van der Waals surface area contributed by atoms with E-state index >= 15 is 0 Å². The van der Waals surface area contributed by atoms with E-state index in [9.17, 15) is 4.79 Å². The van der Waals surface area contributed by atoms with Crippen molar-refractivity contribution in [3.8, 4) is 5.69 Å². The van der Waals surface area contributed by atoms with E-state index in [0.717, 1.165) is 60.8 Å². The third-order valence-electron chi connectivity index (χ3n) is 6.64. The van der Waals surface area contributed by atoms with Crippen LogP contribution < -0.4 is 5.32 Å². The average molecular weight is 454 g/mol. The second kappa shape index (κ2) is 9.79. The van der Waals surface area contributed by atoms with Crippen LogP contribution in [0.4, 0.5) is 0 Å². The predicted octanol–water partition coefficient (Wildman–Crippen LogP) is 4.05. The van der Waals surface area contributed by atoms with Crippen molar-refractivity contribution in [1.82, 2.24) is 24.7 Å². The SMILES string of the molecule is Cc1nc2cc(C(=O)NC(CN3CCN(C)CC3)c3ccccc3)ccc2n1-c1ccccc1. The van der Waals surface area contributed by atoms with E-state index in [-0.39, 0.29) is 11.9 Å². The van der Waals surface area contributed by atoms with E-state index in [1.807, 2.05) is 61.5 Å². The number of hydrogen-bond donors (Lipinski definition) is 1. The molecule has 1 N–H and O–H groups in total. The number of carbonyl (C=O) groups is 1. The summed E-state index contributed by atoms with van der Waals surface area (Å²) in [6.45, 7) is 6.92. The van der Waals surface area contributed by atoms with E-state index in [1.54, 1.807) is 0 Å². The quantitative estimate of drug-likeness (QED) is 0.479. The lowest BCUT2D eigenvalue weighted by Crippen LogP contribution is -2.47. The van der Waals surface area contributed by atoms with Gasteiger partial charge in [-0.25, -0.2) is 4.98 Å². The van der Waals surface area contributed by atoms with Gasteiger partial charge in [-0.15, -0.1) is 0 Å². The molecule has 6 nitrogen and oxygen atoms in total. The molecular formula is C28H31N5O. The molecule has 1 aliphatic heterocycles. The maximum Gasteiger partial charge on any atom is 0.251 e. The molecule has 1 atom stereocenters. The summed E-state index contributed by atoms with van der Waals surface area (Å²) in [5, 5.41) is 3.30. The summed E-state index contributed by atoms with van der Waals surface area (Å²) in [4.78, 5) is 22.9. The van der Waals surface area contributed by atoms with E-state index in [4.69, 9.17) is 4.98 Å². The number of fused-ring (bicyclic) bond motifs is 1. The van der Waals surface area contributed by atoms with Crippen molar-refractivity contribution in [3.63, 3.8) is 0 Å². The molecule has 0 spiro atoms. The van der Waals surface area contributed by atoms with E-state index < -0.39 is 0 Å². The van der Waals surface area contributed by atoms with Crippen LogP contribution in [0.2, 0.25) is 0 Å². The van der Waals surface area contributed by atoms with Crippen LogP contribution in [0.25, 0.3) is 16.7 Å². The molecule has 1 unspecified atom stereocenters. The maximum absolute atomic E-state index is 13.4. The Morgan fingerprint density at radius 2 is 1.62 bits per heavy atom. The van der Waals surface area contributed by atoms with Crippen LogP contribution in [0.15, 0.2) is 78.9 Å². The number of aromatic nitrogens is 2. The highest BCUT2D eigenvalue weighted by Crippen LogP contribution is 2.23. The van der Waals surface area contributed by atoms with E-state index in [2.05, 4.69) is 51.0 Å². The minimum atomic E-state index is -0.0728. The Morgan fingerprint density at radius 1 is 0.941 bits per heavy atom. The van der Waals surface area contributed by atoms with Gasteiger partial charge in [-0.1, -0.05) is 48.5 Å². The molecule has 5 rings (SSSR count). The van der Waals surface area contributed by atoms with Crippen molar-refractivity contribution >= 4 is 16.9 Å². The molecule has 34 heavy (non-hydrogen) atoms. The number of hydrogen-bond acceptors (Lipinski definition) is 4. The molecule has 1 fully saturated rings. The van der Waals surface area contributed by atoms with Gasteiger partial charge in [-0.2, -0.15) is 0 Å². The van der Waals surface area contributed by atoms with Crippen LogP contribution in [-0.4, -0.2) is 65.0 Å². The lowest BCUT2D eigenvalue weighted by atomic mass is 10.0. The molecule has 0 aliphatic carbocycles. The number of piperazine rings is 1. The summed E-state index contributed by atoms with van der Waals surface area (Å²) in [5.41, 5.74) is 4.64. The lowest BCUT2D eigenvalue weighted by molar-refractivity contribution is 0.0907. The minimum absolute atomic E-state index is 0.0724. The molecule has 0 saturated carbocycles. The summed E-state index contributed by atoms with van der Waals surface area (Å²) in [6.07, 6.45) is 0. The van der Waals surface area contributed by atoms with Crippen molar-refractivity contribution in [1.29, 1.82) is 0 Å². The highest BCUT2D eigenvalue weighted by atomic mass is 16.1. The first-order valence-corrected chi connectivity index (χ1v) is 11.9. The third-order valence-corrected chi connectivity index (χ3v) is 6.64. The Bertz CT molecular complexity index is 1260. The van der Waals surface area contributed by atoms with Gasteiger partial charge in [0.15, 0.2) is 0 Å². The van der Waals surface area contributed by atoms with Crippen LogP contribution >= 0.6 is 0 Å². The van der Waals surface area contributed by atoms with E-state index in [0.29, 0.717) is 5.56 Å². The minimum Gasteiger partial charge on any atom is -0.344 e. The number of imidazole rings is 1. The molecule has 6 heteroatoms. The predicted molar refractivity (Wildman–Crippen MR) is 136 cm³/mol. The summed E-state index contributed by atoms with van der Waals surface area (Å²) in [5.74, 6) is 0.827. The van der Waals surface area contributed by atoms with Gasteiger partial charge < -0.3 is 10.2 Å². The van der Waals surface area contributed by atoms with Gasteiger partial charge in [0.25, 0.3) is 5.91 Å². The van der Waals surface area contributed by atoms with Crippen LogP contribution in [0.5, 0.6) is 0 Å². The van der Waals surface area contributed by atoms with Gasteiger partial charge in [0.05, 0.1) is 17.1 Å². The smallest absolute Gasteiger partial charge is 0.251 e. The Labute approximate surface area is 200 Å². The van der Waals surface area contributed by atoms with Gasteiger partial charge >= 0.3 is 0 Å². The Hall–Kier alpha value is -3.48. The first-order valence-electron chi connectivity index (χ1n) is 11.9. The molecule has 1 aliphatic rings. The monoisotopic (exact) mass is 453 g/mol. The first-order chi connectivity index (χ1) is 16.6.